The fourth-order valence-electron chi connectivity index (χ4n) is 4.22. The molecule has 1 aromatic rings. The molecule has 0 aromatic heterocycles. The molecule has 6 nitrogen and oxygen atoms in total. The van der Waals surface area contributed by atoms with Crippen LogP contribution in [-0.4, -0.2) is 36.3 Å². The number of rotatable bonds is 4. The summed E-state index contributed by atoms with van der Waals surface area (Å²) >= 11 is 0. The van der Waals surface area contributed by atoms with Crippen molar-refractivity contribution in [3.05, 3.63) is 36.2 Å². The molecule has 4 atom stereocenters. The molecule has 1 N–H and O–H groups in total. The highest BCUT2D eigenvalue weighted by Crippen LogP contribution is 2.52. The maximum atomic E-state index is 13.2. The highest BCUT2D eigenvalue weighted by Gasteiger charge is 2.59. The zero-order chi connectivity index (χ0) is 17.7. The third-order valence-electron chi connectivity index (χ3n) is 5.30. The number of nitrogens with one attached hydrogen (secondary N) is 1. The van der Waals surface area contributed by atoms with Gasteiger partial charge in [0.2, 0.25) is 17.7 Å². The lowest BCUT2D eigenvalue weighted by atomic mass is 9.85. The molecular formula is C18H17FN2O4. The number of carbonyl (C=O) groups is 3. The van der Waals surface area contributed by atoms with Crippen LogP contribution >= 0.6 is 0 Å². The quantitative estimate of drug-likeness (QED) is 0.665. The van der Waals surface area contributed by atoms with E-state index in [2.05, 4.69) is 5.32 Å². The average molecular weight is 344 g/mol. The summed E-state index contributed by atoms with van der Waals surface area (Å²) in [5.74, 6) is -1.81. The molecular weight excluding hydrogens is 327 g/mol. The number of benzene rings is 1. The molecule has 1 aliphatic heterocycles. The Kier molecular flexibility index (Phi) is 3.59. The lowest BCUT2D eigenvalue weighted by Gasteiger charge is -2.17. The van der Waals surface area contributed by atoms with Gasteiger partial charge in [0.15, 0.2) is 0 Å². The number of hydrogen-bond acceptors (Lipinski definition) is 4. The van der Waals surface area contributed by atoms with Crippen LogP contribution in [-0.2, 0) is 14.4 Å². The summed E-state index contributed by atoms with van der Waals surface area (Å²) in [6.07, 6.45) is 4.85. The molecule has 1 saturated carbocycles. The van der Waals surface area contributed by atoms with Crippen molar-refractivity contribution in [1.82, 2.24) is 4.90 Å². The molecule has 3 amide bonds. The van der Waals surface area contributed by atoms with Crippen molar-refractivity contribution in [2.24, 2.45) is 23.7 Å². The second-order valence-corrected chi connectivity index (χ2v) is 6.66. The Bertz CT molecular complexity index is 776. The van der Waals surface area contributed by atoms with Crippen molar-refractivity contribution >= 4 is 23.4 Å². The highest BCUT2D eigenvalue weighted by molar-refractivity contribution is 6.09. The Labute approximate surface area is 143 Å². The van der Waals surface area contributed by atoms with Crippen molar-refractivity contribution in [3.8, 4) is 5.75 Å². The SMILES string of the molecule is COc1cc(F)ccc1NC(=O)CN1C(=O)C2C3C=CC(C3)C2C1=O. The number of halogens is 1. The van der Waals surface area contributed by atoms with Crippen LogP contribution in [0.1, 0.15) is 6.42 Å². The summed E-state index contributed by atoms with van der Waals surface area (Å²) in [7, 11) is 1.36. The van der Waals surface area contributed by atoms with Crippen LogP contribution in [0.4, 0.5) is 10.1 Å². The Morgan fingerprint density at radius 2 is 1.88 bits per heavy atom. The molecule has 1 saturated heterocycles. The number of imide groups is 1. The van der Waals surface area contributed by atoms with E-state index in [1.165, 1.54) is 19.2 Å². The van der Waals surface area contributed by atoms with Crippen LogP contribution in [0.15, 0.2) is 30.4 Å². The van der Waals surface area contributed by atoms with E-state index in [0.717, 1.165) is 17.4 Å². The molecule has 4 unspecified atom stereocenters. The standard InChI is InChI=1S/C18H17FN2O4/c1-25-13-7-11(19)4-5-12(13)20-14(22)8-21-17(23)15-9-2-3-10(6-9)16(15)18(21)24/h2-5,7,9-10,15-16H,6,8H2,1H3,(H,20,22). The summed E-state index contributed by atoms with van der Waals surface area (Å²) in [5, 5.41) is 2.57. The highest BCUT2D eigenvalue weighted by atomic mass is 19.1. The Morgan fingerprint density at radius 3 is 2.48 bits per heavy atom. The van der Waals surface area contributed by atoms with Gasteiger partial charge in [-0.2, -0.15) is 0 Å². The van der Waals surface area contributed by atoms with Gasteiger partial charge in [0.1, 0.15) is 18.1 Å². The molecule has 4 rings (SSSR count). The minimum Gasteiger partial charge on any atom is -0.494 e. The molecule has 0 radical (unpaired) electrons. The number of hydrogen-bond donors (Lipinski definition) is 1. The first-order valence-electron chi connectivity index (χ1n) is 8.16. The second kappa shape index (κ2) is 5.68. The molecule has 25 heavy (non-hydrogen) atoms. The van der Waals surface area contributed by atoms with Gasteiger partial charge < -0.3 is 10.1 Å². The fourth-order valence-corrected chi connectivity index (χ4v) is 4.22. The number of amides is 3. The first-order chi connectivity index (χ1) is 12.0. The third-order valence-corrected chi connectivity index (χ3v) is 5.30. The van der Waals surface area contributed by atoms with Crippen LogP contribution in [0.25, 0.3) is 0 Å². The zero-order valence-corrected chi connectivity index (χ0v) is 13.6. The summed E-state index contributed by atoms with van der Waals surface area (Å²) in [6, 6.07) is 3.71. The third kappa shape index (κ3) is 2.42. The topological polar surface area (TPSA) is 75.7 Å². The number of ether oxygens (including phenoxy) is 1. The van der Waals surface area contributed by atoms with Crippen molar-refractivity contribution < 1.29 is 23.5 Å². The van der Waals surface area contributed by atoms with Gasteiger partial charge in [0, 0.05) is 6.07 Å². The molecule has 2 bridgehead atoms. The van der Waals surface area contributed by atoms with E-state index < -0.39 is 11.7 Å². The lowest BCUT2D eigenvalue weighted by molar-refractivity contribution is -0.143. The Hall–Kier alpha value is -2.70. The first kappa shape index (κ1) is 15.8. The Balaban J connectivity index is 1.47. The number of allylic oxidation sites excluding steroid dienone is 2. The van der Waals surface area contributed by atoms with E-state index in [9.17, 15) is 18.8 Å². The van der Waals surface area contributed by atoms with E-state index in [0.29, 0.717) is 0 Å². The minimum atomic E-state index is -0.521. The van der Waals surface area contributed by atoms with Gasteiger partial charge in [-0.1, -0.05) is 12.2 Å². The van der Waals surface area contributed by atoms with Crippen molar-refractivity contribution in [3.63, 3.8) is 0 Å². The lowest BCUT2D eigenvalue weighted by Crippen LogP contribution is -2.39. The first-order valence-corrected chi connectivity index (χ1v) is 8.16. The van der Waals surface area contributed by atoms with Crippen molar-refractivity contribution in [1.29, 1.82) is 0 Å². The van der Waals surface area contributed by atoms with Crippen LogP contribution < -0.4 is 10.1 Å². The van der Waals surface area contributed by atoms with Crippen molar-refractivity contribution in [2.45, 2.75) is 6.42 Å². The van der Waals surface area contributed by atoms with Crippen LogP contribution in [0.3, 0.4) is 0 Å². The molecule has 2 fully saturated rings. The number of anilines is 1. The smallest absolute Gasteiger partial charge is 0.244 e. The number of carbonyl (C=O) groups excluding carboxylic acids is 3. The average Bonchev–Trinajstić information content (AvgIpc) is 3.26. The van der Waals surface area contributed by atoms with Gasteiger partial charge in [0.25, 0.3) is 0 Å². The van der Waals surface area contributed by atoms with Crippen LogP contribution in [0, 0.1) is 29.5 Å². The van der Waals surface area contributed by atoms with Gasteiger partial charge in [-0.25, -0.2) is 4.39 Å². The van der Waals surface area contributed by atoms with Gasteiger partial charge >= 0.3 is 0 Å². The van der Waals surface area contributed by atoms with Crippen LogP contribution in [0.5, 0.6) is 5.75 Å². The molecule has 130 valence electrons. The van der Waals surface area contributed by atoms with E-state index >= 15 is 0 Å². The largest absolute Gasteiger partial charge is 0.494 e. The maximum absolute atomic E-state index is 13.2. The molecule has 1 heterocycles. The van der Waals surface area contributed by atoms with Gasteiger partial charge in [-0.3, -0.25) is 19.3 Å². The zero-order valence-electron chi connectivity index (χ0n) is 13.6. The van der Waals surface area contributed by atoms with E-state index in [-0.39, 0.29) is 53.5 Å². The molecule has 3 aliphatic rings. The van der Waals surface area contributed by atoms with Crippen LogP contribution in [0.2, 0.25) is 0 Å². The number of fused-ring (bicyclic) bond motifs is 5. The Morgan fingerprint density at radius 1 is 1.24 bits per heavy atom. The fraction of sp³-hybridized carbons (Fsp3) is 0.389. The summed E-state index contributed by atoms with van der Waals surface area (Å²) in [5.41, 5.74) is 0.287. The van der Waals surface area contributed by atoms with Gasteiger partial charge in [-0.05, 0) is 30.4 Å². The molecule has 1 aromatic carbocycles. The van der Waals surface area contributed by atoms with E-state index in [1.54, 1.807) is 0 Å². The number of likely N-dealkylation sites (tertiary alicyclic amines) is 1. The predicted octanol–water partition coefficient (Wildman–Crippen LogP) is 1.58. The van der Waals surface area contributed by atoms with E-state index in [4.69, 9.17) is 4.74 Å². The number of nitrogens with zero attached hydrogens (tertiary/aromatic N) is 1. The normalized spacial score (nSPS) is 29.3. The molecule has 2 aliphatic carbocycles. The predicted molar refractivity (Wildman–Crippen MR) is 86.0 cm³/mol. The van der Waals surface area contributed by atoms with Gasteiger partial charge in [-0.15, -0.1) is 0 Å². The molecule has 7 heteroatoms. The van der Waals surface area contributed by atoms with Crippen molar-refractivity contribution in [2.75, 3.05) is 19.0 Å². The molecule has 0 spiro atoms. The minimum absolute atomic E-state index is 0.108. The monoisotopic (exact) mass is 344 g/mol. The second-order valence-electron chi connectivity index (χ2n) is 6.66. The summed E-state index contributed by atoms with van der Waals surface area (Å²) < 4.78 is 18.2. The van der Waals surface area contributed by atoms with Gasteiger partial charge in [0.05, 0.1) is 24.6 Å². The number of methoxy groups -OCH3 is 1. The summed E-state index contributed by atoms with van der Waals surface area (Å²) in [4.78, 5) is 38.5. The summed E-state index contributed by atoms with van der Waals surface area (Å²) in [6.45, 7) is -0.343. The maximum Gasteiger partial charge on any atom is 0.244 e. The van der Waals surface area contributed by atoms with E-state index in [1.807, 2.05) is 12.2 Å².